The second-order valence-electron chi connectivity index (χ2n) is 8.78. The maximum absolute atomic E-state index is 12.9. The normalized spacial score (nSPS) is 11.9. The largest absolute Gasteiger partial charge is 0.492 e. The Kier molecular flexibility index (Phi) is 10.7. The Morgan fingerprint density at radius 3 is 1.70 bits per heavy atom. The van der Waals surface area contributed by atoms with Gasteiger partial charge in [0.2, 0.25) is 0 Å². The molecule has 0 aliphatic carbocycles. The van der Waals surface area contributed by atoms with E-state index in [0.29, 0.717) is 47.7 Å². The molecule has 0 aliphatic heterocycles. The van der Waals surface area contributed by atoms with Crippen LogP contribution in [0.4, 0.5) is 0 Å². The zero-order valence-electron chi connectivity index (χ0n) is 19.7. The van der Waals surface area contributed by atoms with E-state index in [1.807, 2.05) is 46.8 Å². The molecule has 0 saturated heterocycles. The molecule has 0 spiro atoms. The third-order valence-corrected chi connectivity index (χ3v) is 5.45. The van der Waals surface area contributed by atoms with Gasteiger partial charge in [-0.15, -0.1) is 0 Å². The van der Waals surface area contributed by atoms with Crippen LogP contribution in [0.2, 0.25) is 0 Å². The third-order valence-electron chi connectivity index (χ3n) is 4.46. The minimum absolute atomic E-state index is 0.261. The second kappa shape index (κ2) is 13.0. The minimum atomic E-state index is -0.300. The molecule has 2 aromatic carbocycles. The van der Waals surface area contributed by atoms with Gasteiger partial charge in [-0.25, -0.2) is 0 Å². The smallest absolute Gasteiger partial charge is 0.255 e. The number of amides is 2. The number of carbonyl (C=O) groups excluding carboxylic acids is 2. The van der Waals surface area contributed by atoms with Crippen molar-refractivity contribution >= 4 is 43.7 Å². The highest BCUT2D eigenvalue weighted by Gasteiger charge is 2.18. The lowest BCUT2D eigenvalue weighted by Gasteiger charge is -2.18. The number of hydrogen-bond acceptors (Lipinski definition) is 4. The van der Waals surface area contributed by atoms with Crippen molar-refractivity contribution in [2.24, 2.45) is 11.8 Å². The summed E-state index contributed by atoms with van der Waals surface area (Å²) in [4.78, 5) is 25.7. The van der Waals surface area contributed by atoms with Gasteiger partial charge in [0.05, 0.1) is 24.3 Å². The number of nitrogens with one attached hydrogen (secondary N) is 2. The quantitative estimate of drug-likeness (QED) is 0.349. The van der Waals surface area contributed by atoms with E-state index in [9.17, 15) is 9.59 Å². The molecule has 1 unspecified atom stereocenters. The van der Waals surface area contributed by atoms with Crippen molar-refractivity contribution in [3.8, 4) is 11.5 Å². The van der Waals surface area contributed by atoms with Crippen LogP contribution in [0.1, 0.15) is 55.3 Å². The van der Waals surface area contributed by atoms with E-state index in [-0.39, 0.29) is 24.4 Å². The zero-order chi connectivity index (χ0) is 24.5. The third kappa shape index (κ3) is 9.01. The first-order valence-electron chi connectivity index (χ1n) is 11.0. The van der Waals surface area contributed by atoms with Crippen LogP contribution in [-0.4, -0.2) is 37.6 Å². The topological polar surface area (TPSA) is 76.7 Å². The van der Waals surface area contributed by atoms with Crippen molar-refractivity contribution in [1.82, 2.24) is 10.6 Å². The number of ether oxygens (including phenoxy) is 2. The predicted molar refractivity (Wildman–Crippen MR) is 138 cm³/mol. The molecule has 8 heteroatoms. The molecule has 0 fully saturated rings. The fraction of sp³-hybridized carbons (Fsp3) is 0.440. The number of halogens is 2. The maximum Gasteiger partial charge on any atom is 0.255 e. The molecule has 33 heavy (non-hydrogen) atoms. The van der Waals surface area contributed by atoms with Gasteiger partial charge >= 0.3 is 0 Å². The Hall–Kier alpha value is -2.06. The van der Waals surface area contributed by atoms with E-state index in [1.165, 1.54) is 0 Å². The van der Waals surface area contributed by atoms with Gasteiger partial charge in [-0.3, -0.25) is 9.59 Å². The van der Waals surface area contributed by atoms with E-state index >= 15 is 0 Å². The molecule has 2 amide bonds. The number of carbonyl (C=O) groups is 2. The van der Waals surface area contributed by atoms with Gasteiger partial charge in [-0.1, -0.05) is 59.6 Å². The standard InChI is InChI=1S/C25H32Br2N2O4/c1-15(2)13-32-22-8-6-18(26)10-20(22)24(30)28-12-17(5)29-25(31)21-11-19(27)7-9-23(21)33-14-16(3)4/h6-11,15-17H,12-14H2,1-5H3,(H,28,30)(H,29,31). The van der Waals surface area contributed by atoms with E-state index in [1.54, 1.807) is 24.3 Å². The highest BCUT2D eigenvalue weighted by Crippen LogP contribution is 2.25. The number of rotatable bonds is 11. The molecule has 2 rings (SSSR count). The van der Waals surface area contributed by atoms with Crippen LogP contribution in [0, 0.1) is 11.8 Å². The lowest BCUT2D eigenvalue weighted by Crippen LogP contribution is -2.42. The molecular weight excluding hydrogens is 552 g/mol. The number of hydrogen-bond donors (Lipinski definition) is 2. The first-order chi connectivity index (χ1) is 15.6. The molecular formula is C25H32Br2N2O4. The summed E-state index contributed by atoms with van der Waals surface area (Å²) in [5.74, 6) is 1.21. The van der Waals surface area contributed by atoms with Gasteiger partial charge < -0.3 is 20.1 Å². The summed E-state index contributed by atoms with van der Waals surface area (Å²) in [6.45, 7) is 11.3. The van der Waals surface area contributed by atoms with Crippen LogP contribution >= 0.6 is 31.9 Å². The molecule has 2 aromatic rings. The summed E-state index contributed by atoms with van der Waals surface area (Å²) in [5, 5.41) is 5.81. The Morgan fingerprint density at radius 2 is 1.24 bits per heavy atom. The van der Waals surface area contributed by atoms with Gasteiger partial charge in [0.15, 0.2) is 0 Å². The fourth-order valence-electron chi connectivity index (χ4n) is 2.82. The SMILES string of the molecule is CC(C)COc1ccc(Br)cc1C(=O)NCC(C)NC(=O)c1cc(Br)ccc1OCC(C)C. The van der Waals surface area contributed by atoms with Gasteiger partial charge in [0, 0.05) is 21.5 Å². The molecule has 0 radical (unpaired) electrons. The van der Waals surface area contributed by atoms with Crippen LogP contribution in [0.5, 0.6) is 11.5 Å². The first-order valence-corrected chi connectivity index (χ1v) is 12.6. The Balaban J connectivity index is 2.01. The highest BCUT2D eigenvalue weighted by atomic mass is 79.9. The van der Waals surface area contributed by atoms with Gasteiger partial charge in [0.25, 0.3) is 11.8 Å². The van der Waals surface area contributed by atoms with Crippen LogP contribution in [0.25, 0.3) is 0 Å². The molecule has 180 valence electrons. The second-order valence-corrected chi connectivity index (χ2v) is 10.6. The van der Waals surface area contributed by atoms with E-state index in [4.69, 9.17) is 9.47 Å². The first kappa shape index (κ1) is 27.2. The minimum Gasteiger partial charge on any atom is -0.492 e. The molecule has 0 bridgehead atoms. The summed E-state index contributed by atoms with van der Waals surface area (Å²) in [7, 11) is 0. The van der Waals surface area contributed by atoms with Crippen LogP contribution in [-0.2, 0) is 0 Å². The van der Waals surface area contributed by atoms with Gasteiger partial charge in [0.1, 0.15) is 11.5 Å². The molecule has 6 nitrogen and oxygen atoms in total. The highest BCUT2D eigenvalue weighted by molar-refractivity contribution is 9.10. The van der Waals surface area contributed by atoms with Crippen LogP contribution in [0.15, 0.2) is 45.3 Å². The molecule has 0 heterocycles. The zero-order valence-corrected chi connectivity index (χ0v) is 22.9. The van der Waals surface area contributed by atoms with Crippen molar-refractivity contribution in [3.63, 3.8) is 0 Å². The van der Waals surface area contributed by atoms with Crippen molar-refractivity contribution in [3.05, 3.63) is 56.5 Å². The summed E-state index contributed by atoms with van der Waals surface area (Å²) in [6, 6.07) is 10.4. The summed E-state index contributed by atoms with van der Waals surface area (Å²) in [5.41, 5.74) is 0.888. The van der Waals surface area contributed by atoms with E-state index in [2.05, 4.69) is 42.5 Å². The monoisotopic (exact) mass is 582 g/mol. The Morgan fingerprint density at radius 1 is 0.788 bits per heavy atom. The molecule has 0 saturated carbocycles. The Labute approximate surface area is 213 Å². The van der Waals surface area contributed by atoms with E-state index < -0.39 is 0 Å². The lowest BCUT2D eigenvalue weighted by molar-refractivity contribution is 0.0907. The molecule has 2 N–H and O–H groups in total. The molecule has 0 aromatic heterocycles. The molecule has 0 aliphatic rings. The lowest BCUT2D eigenvalue weighted by atomic mass is 10.1. The van der Waals surface area contributed by atoms with Gasteiger partial charge in [-0.05, 0) is 55.2 Å². The van der Waals surface area contributed by atoms with E-state index in [0.717, 1.165) is 8.95 Å². The van der Waals surface area contributed by atoms with Crippen molar-refractivity contribution in [2.45, 2.75) is 40.7 Å². The average Bonchev–Trinajstić information content (AvgIpc) is 2.75. The van der Waals surface area contributed by atoms with Gasteiger partial charge in [-0.2, -0.15) is 0 Å². The fourth-order valence-corrected chi connectivity index (χ4v) is 3.54. The van der Waals surface area contributed by atoms with Crippen molar-refractivity contribution < 1.29 is 19.1 Å². The van der Waals surface area contributed by atoms with Crippen molar-refractivity contribution in [1.29, 1.82) is 0 Å². The summed E-state index contributed by atoms with van der Waals surface area (Å²) < 4.78 is 13.2. The number of benzene rings is 2. The summed E-state index contributed by atoms with van der Waals surface area (Å²) in [6.07, 6.45) is 0. The predicted octanol–water partition coefficient (Wildman–Crippen LogP) is 5.83. The Bertz CT molecular complexity index is 963. The van der Waals surface area contributed by atoms with Crippen molar-refractivity contribution in [2.75, 3.05) is 19.8 Å². The summed E-state index contributed by atoms with van der Waals surface area (Å²) >= 11 is 6.82. The van der Waals surface area contributed by atoms with Crippen LogP contribution < -0.4 is 20.1 Å². The average molecular weight is 584 g/mol. The maximum atomic E-state index is 12.9. The van der Waals surface area contributed by atoms with Crippen LogP contribution in [0.3, 0.4) is 0 Å². The molecule has 1 atom stereocenters.